The molecule has 6 heteroatoms. The summed E-state index contributed by atoms with van der Waals surface area (Å²) < 4.78 is 1.11. The molecule has 19 heavy (non-hydrogen) atoms. The first-order valence-electron chi connectivity index (χ1n) is 6.20. The maximum Gasteiger partial charge on any atom is 0.230 e. The van der Waals surface area contributed by atoms with Gasteiger partial charge in [0.2, 0.25) is 5.91 Å². The molecule has 0 spiro atoms. The minimum Gasteiger partial charge on any atom is -0.316 e. The maximum absolute atomic E-state index is 12.1. The monoisotopic (exact) mass is 297 g/mol. The highest BCUT2D eigenvalue weighted by atomic mass is 35.5. The van der Waals surface area contributed by atoms with E-state index in [-0.39, 0.29) is 24.2 Å². The molecular weight excluding hydrogens is 282 g/mol. The van der Waals surface area contributed by atoms with Crippen LogP contribution in [0.3, 0.4) is 0 Å². The highest BCUT2D eigenvalue weighted by Crippen LogP contribution is 2.26. The van der Waals surface area contributed by atoms with Crippen LogP contribution in [-0.2, 0) is 4.79 Å². The molecule has 1 saturated heterocycles. The molecule has 2 heterocycles. The molecule has 0 aliphatic carbocycles. The van der Waals surface area contributed by atoms with E-state index in [1.165, 1.54) is 11.3 Å². The van der Waals surface area contributed by atoms with E-state index < -0.39 is 0 Å². The predicted octanol–water partition coefficient (Wildman–Crippen LogP) is 2.66. The van der Waals surface area contributed by atoms with Gasteiger partial charge in [-0.05, 0) is 31.5 Å². The van der Waals surface area contributed by atoms with Crippen molar-refractivity contribution in [1.29, 1.82) is 0 Å². The number of amides is 1. The van der Waals surface area contributed by atoms with Gasteiger partial charge in [0, 0.05) is 6.54 Å². The van der Waals surface area contributed by atoms with Crippen molar-refractivity contribution in [3.63, 3.8) is 0 Å². The Bertz CT molecular complexity index is 533. The fourth-order valence-electron chi connectivity index (χ4n) is 2.21. The van der Waals surface area contributed by atoms with Gasteiger partial charge >= 0.3 is 0 Å². The molecule has 1 aromatic heterocycles. The second kappa shape index (κ2) is 6.32. The van der Waals surface area contributed by atoms with Crippen molar-refractivity contribution in [3.05, 3.63) is 24.3 Å². The molecule has 2 N–H and O–H groups in total. The molecule has 1 atom stereocenters. The second-order valence-electron chi connectivity index (χ2n) is 4.52. The average molecular weight is 298 g/mol. The molecule has 2 aromatic rings. The number of benzene rings is 1. The Morgan fingerprint density at radius 3 is 3.00 bits per heavy atom. The molecular formula is C13H16ClN3OS. The third kappa shape index (κ3) is 3.23. The zero-order valence-electron chi connectivity index (χ0n) is 10.4. The van der Waals surface area contributed by atoms with Crippen LogP contribution in [0.1, 0.15) is 12.8 Å². The molecule has 3 rings (SSSR count). The summed E-state index contributed by atoms with van der Waals surface area (Å²) in [6, 6.07) is 7.92. The Hall–Kier alpha value is -1.17. The Labute approximate surface area is 122 Å². The zero-order chi connectivity index (χ0) is 12.4. The van der Waals surface area contributed by atoms with Crippen LogP contribution in [0.5, 0.6) is 0 Å². The summed E-state index contributed by atoms with van der Waals surface area (Å²) in [4.78, 5) is 16.5. The number of thiazole rings is 1. The normalized spacial score (nSPS) is 18.8. The van der Waals surface area contributed by atoms with Crippen molar-refractivity contribution < 1.29 is 4.79 Å². The average Bonchev–Trinajstić information content (AvgIpc) is 2.82. The van der Waals surface area contributed by atoms with Gasteiger partial charge in [-0.25, -0.2) is 4.98 Å². The van der Waals surface area contributed by atoms with Crippen LogP contribution in [0.15, 0.2) is 24.3 Å². The lowest BCUT2D eigenvalue weighted by atomic mass is 9.99. The van der Waals surface area contributed by atoms with Crippen molar-refractivity contribution in [2.24, 2.45) is 5.92 Å². The number of fused-ring (bicyclic) bond motifs is 1. The molecule has 1 aliphatic rings. The van der Waals surface area contributed by atoms with Crippen LogP contribution in [0.25, 0.3) is 10.2 Å². The van der Waals surface area contributed by atoms with Crippen LogP contribution in [0.2, 0.25) is 0 Å². The molecule has 4 nitrogen and oxygen atoms in total. The van der Waals surface area contributed by atoms with Crippen LogP contribution in [-0.4, -0.2) is 24.0 Å². The molecule has 0 saturated carbocycles. The number of nitrogens with zero attached hydrogens (tertiary/aromatic N) is 1. The largest absolute Gasteiger partial charge is 0.316 e. The minimum absolute atomic E-state index is 0. The summed E-state index contributed by atoms with van der Waals surface area (Å²) in [5, 5.41) is 6.88. The van der Waals surface area contributed by atoms with Gasteiger partial charge < -0.3 is 10.6 Å². The number of hydrogen-bond acceptors (Lipinski definition) is 4. The number of piperidine rings is 1. The topological polar surface area (TPSA) is 54.0 Å². The van der Waals surface area contributed by atoms with Crippen molar-refractivity contribution in [2.75, 3.05) is 18.4 Å². The number of carbonyl (C=O) groups is 1. The fraction of sp³-hybridized carbons (Fsp3) is 0.385. The van der Waals surface area contributed by atoms with E-state index >= 15 is 0 Å². The van der Waals surface area contributed by atoms with Gasteiger partial charge in [0.1, 0.15) is 0 Å². The Morgan fingerprint density at radius 2 is 2.26 bits per heavy atom. The molecule has 0 unspecified atom stereocenters. The third-order valence-electron chi connectivity index (χ3n) is 3.19. The number of para-hydroxylation sites is 1. The number of hydrogen-bond donors (Lipinski definition) is 2. The fourth-order valence-corrected chi connectivity index (χ4v) is 3.08. The second-order valence-corrected chi connectivity index (χ2v) is 5.55. The molecule has 1 aliphatic heterocycles. The van der Waals surface area contributed by atoms with E-state index in [2.05, 4.69) is 15.6 Å². The van der Waals surface area contributed by atoms with E-state index in [0.29, 0.717) is 5.13 Å². The lowest BCUT2D eigenvalue weighted by Gasteiger charge is -2.21. The van der Waals surface area contributed by atoms with Crippen LogP contribution in [0, 0.1) is 5.92 Å². The number of anilines is 1. The number of nitrogens with one attached hydrogen (secondary N) is 2. The van der Waals surface area contributed by atoms with Gasteiger partial charge in [0.25, 0.3) is 0 Å². The van der Waals surface area contributed by atoms with Gasteiger partial charge in [-0.3, -0.25) is 4.79 Å². The van der Waals surface area contributed by atoms with E-state index in [0.717, 1.165) is 36.1 Å². The number of halogens is 1. The van der Waals surface area contributed by atoms with Crippen molar-refractivity contribution in [2.45, 2.75) is 12.8 Å². The Kier molecular flexibility index (Phi) is 4.74. The summed E-state index contributed by atoms with van der Waals surface area (Å²) >= 11 is 1.53. The van der Waals surface area contributed by atoms with E-state index in [1.807, 2.05) is 24.3 Å². The predicted molar refractivity (Wildman–Crippen MR) is 81.1 cm³/mol. The van der Waals surface area contributed by atoms with Crippen LogP contribution >= 0.6 is 23.7 Å². The summed E-state index contributed by atoms with van der Waals surface area (Å²) in [5.41, 5.74) is 0.944. The molecule has 1 fully saturated rings. The summed E-state index contributed by atoms with van der Waals surface area (Å²) in [6.45, 7) is 1.79. The first kappa shape index (κ1) is 14.2. The highest BCUT2D eigenvalue weighted by Gasteiger charge is 2.21. The lowest BCUT2D eigenvalue weighted by Crippen LogP contribution is -2.37. The van der Waals surface area contributed by atoms with E-state index in [4.69, 9.17) is 0 Å². The SMILES string of the molecule is Cl.O=C(Nc1nc2ccccc2s1)[C@@H]1CCCNC1. The van der Waals surface area contributed by atoms with Crippen LogP contribution < -0.4 is 10.6 Å². The third-order valence-corrected chi connectivity index (χ3v) is 4.14. The number of rotatable bonds is 2. The first-order valence-corrected chi connectivity index (χ1v) is 7.02. The summed E-state index contributed by atoms with van der Waals surface area (Å²) in [6.07, 6.45) is 2.03. The van der Waals surface area contributed by atoms with Gasteiger partial charge in [-0.2, -0.15) is 0 Å². The van der Waals surface area contributed by atoms with E-state index in [1.54, 1.807) is 0 Å². The first-order chi connectivity index (χ1) is 8.83. The number of carbonyl (C=O) groups excluding carboxylic acids is 1. The Balaban J connectivity index is 0.00000133. The minimum atomic E-state index is 0. The summed E-state index contributed by atoms with van der Waals surface area (Å²) in [7, 11) is 0. The van der Waals surface area contributed by atoms with Gasteiger partial charge in [0.05, 0.1) is 16.1 Å². The highest BCUT2D eigenvalue weighted by molar-refractivity contribution is 7.22. The van der Waals surface area contributed by atoms with Crippen LogP contribution in [0.4, 0.5) is 5.13 Å². The molecule has 1 amide bonds. The van der Waals surface area contributed by atoms with Gasteiger partial charge in [-0.1, -0.05) is 23.5 Å². The number of aromatic nitrogens is 1. The van der Waals surface area contributed by atoms with Gasteiger partial charge in [-0.15, -0.1) is 12.4 Å². The smallest absolute Gasteiger partial charge is 0.230 e. The maximum atomic E-state index is 12.1. The standard InChI is InChI=1S/C13H15N3OS.ClH/c17-12(9-4-3-7-14-8-9)16-13-15-10-5-1-2-6-11(10)18-13;/h1-2,5-6,9,14H,3-4,7-8H2,(H,15,16,17);1H/t9-;/m1./s1. The quantitative estimate of drug-likeness (QED) is 0.896. The molecule has 1 aromatic carbocycles. The van der Waals surface area contributed by atoms with E-state index in [9.17, 15) is 4.79 Å². The van der Waals surface area contributed by atoms with Crippen molar-refractivity contribution in [3.8, 4) is 0 Å². The molecule has 0 bridgehead atoms. The van der Waals surface area contributed by atoms with Gasteiger partial charge in [0.15, 0.2) is 5.13 Å². The lowest BCUT2D eigenvalue weighted by molar-refractivity contribution is -0.120. The van der Waals surface area contributed by atoms with Crippen molar-refractivity contribution >= 4 is 45.0 Å². The Morgan fingerprint density at radius 1 is 1.42 bits per heavy atom. The zero-order valence-corrected chi connectivity index (χ0v) is 12.0. The molecule has 102 valence electrons. The summed E-state index contributed by atoms with van der Waals surface area (Å²) in [5.74, 6) is 0.159. The molecule has 0 radical (unpaired) electrons. The van der Waals surface area contributed by atoms with Crippen molar-refractivity contribution in [1.82, 2.24) is 10.3 Å².